The van der Waals surface area contributed by atoms with Crippen LogP contribution in [0.25, 0.3) is 0 Å². The smallest absolute Gasteiger partial charge is 0.270 e. The number of fused-ring (bicyclic) bond motifs is 1. The van der Waals surface area contributed by atoms with Crippen molar-refractivity contribution in [3.05, 3.63) is 29.8 Å². The average Bonchev–Trinajstić information content (AvgIpc) is 3.00. The highest BCUT2D eigenvalue weighted by Gasteiger charge is 2.45. The van der Waals surface area contributed by atoms with E-state index in [1.807, 2.05) is 0 Å². The Morgan fingerprint density at radius 2 is 2.22 bits per heavy atom. The number of methoxy groups -OCH3 is 1. The second-order valence-corrected chi connectivity index (χ2v) is 8.51. The molecule has 2 saturated heterocycles. The van der Waals surface area contributed by atoms with Crippen LogP contribution in [0, 0.1) is 5.82 Å². The highest BCUT2D eigenvalue weighted by molar-refractivity contribution is 7.89. The number of sulfonamides is 1. The molecule has 9 nitrogen and oxygen atoms in total. The molecule has 2 aliphatic rings. The minimum Gasteiger partial charge on any atom is -0.383 e. The van der Waals surface area contributed by atoms with Crippen molar-refractivity contribution in [2.45, 2.75) is 18.5 Å². The van der Waals surface area contributed by atoms with Crippen LogP contribution in [0.4, 0.5) is 4.39 Å². The quantitative estimate of drug-likeness (QED) is 0.690. The number of hydrogen-bond donors (Lipinski definition) is 1. The van der Waals surface area contributed by atoms with Gasteiger partial charge in [0.15, 0.2) is 0 Å². The fourth-order valence-electron chi connectivity index (χ4n) is 3.35. The number of pyridine rings is 1. The number of nitrogens with zero attached hydrogens (tertiary/aromatic N) is 3. The Labute approximate surface area is 156 Å². The summed E-state index contributed by atoms with van der Waals surface area (Å²) in [5.74, 6) is -1.67. The second-order valence-electron chi connectivity index (χ2n) is 6.50. The fourth-order valence-corrected chi connectivity index (χ4v) is 4.79. The predicted octanol–water partition coefficient (Wildman–Crippen LogP) is -0.788. The van der Waals surface area contributed by atoms with Crippen molar-refractivity contribution in [2.75, 3.05) is 39.1 Å². The van der Waals surface area contributed by atoms with Crippen molar-refractivity contribution in [1.29, 1.82) is 0 Å². The highest BCUT2D eigenvalue weighted by Crippen LogP contribution is 2.24. The van der Waals surface area contributed by atoms with Crippen molar-refractivity contribution >= 4 is 21.8 Å². The molecule has 2 atom stereocenters. The third-order valence-electron chi connectivity index (χ3n) is 4.70. The third kappa shape index (κ3) is 4.25. The molecule has 27 heavy (non-hydrogen) atoms. The summed E-state index contributed by atoms with van der Waals surface area (Å²) < 4.78 is 43.4. The van der Waals surface area contributed by atoms with Gasteiger partial charge < -0.3 is 10.1 Å². The largest absolute Gasteiger partial charge is 0.383 e. The van der Waals surface area contributed by atoms with E-state index in [0.717, 1.165) is 16.6 Å². The molecular weight excluding hydrogens is 379 g/mol. The van der Waals surface area contributed by atoms with E-state index in [1.165, 1.54) is 13.2 Å². The number of hydrogen-bond acceptors (Lipinski definition) is 7. The molecule has 0 saturated carbocycles. The summed E-state index contributed by atoms with van der Waals surface area (Å²) in [4.78, 5) is 30.5. The summed E-state index contributed by atoms with van der Waals surface area (Å²) in [5, 5.41) is 2.78. The van der Waals surface area contributed by atoms with Crippen LogP contribution >= 0.6 is 0 Å². The number of rotatable bonds is 5. The van der Waals surface area contributed by atoms with Gasteiger partial charge in [-0.1, -0.05) is 0 Å². The van der Waals surface area contributed by atoms with Gasteiger partial charge in [-0.2, -0.15) is 0 Å². The Kier molecular flexibility index (Phi) is 5.72. The van der Waals surface area contributed by atoms with Gasteiger partial charge in [0, 0.05) is 26.2 Å². The molecule has 2 amide bonds. The van der Waals surface area contributed by atoms with Crippen LogP contribution in [0.1, 0.15) is 16.9 Å². The van der Waals surface area contributed by atoms with E-state index in [0.29, 0.717) is 13.0 Å². The van der Waals surface area contributed by atoms with E-state index in [2.05, 4.69) is 10.3 Å². The van der Waals surface area contributed by atoms with Gasteiger partial charge >= 0.3 is 0 Å². The molecule has 3 rings (SSSR count). The first-order valence-corrected chi connectivity index (χ1v) is 10.1. The van der Waals surface area contributed by atoms with Crippen molar-refractivity contribution in [3.63, 3.8) is 0 Å². The Bertz CT molecular complexity index is 817. The lowest BCUT2D eigenvalue weighted by atomic mass is 10.1. The van der Waals surface area contributed by atoms with Crippen LogP contribution in [0.5, 0.6) is 0 Å². The third-order valence-corrected chi connectivity index (χ3v) is 6.43. The second kappa shape index (κ2) is 7.87. The molecule has 0 spiro atoms. The number of halogens is 1. The van der Waals surface area contributed by atoms with Crippen molar-refractivity contribution in [2.24, 2.45) is 0 Å². The van der Waals surface area contributed by atoms with Gasteiger partial charge in [-0.05, 0) is 18.6 Å². The first kappa shape index (κ1) is 19.6. The van der Waals surface area contributed by atoms with Gasteiger partial charge in [-0.25, -0.2) is 22.1 Å². The van der Waals surface area contributed by atoms with Crippen LogP contribution in [-0.2, 0) is 19.6 Å². The van der Waals surface area contributed by atoms with Gasteiger partial charge in [-0.3, -0.25) is 14.5 Å². The number of nitrogens with one attached hydrogen (secondary N) is 1. The molecule has 0 bridgehead atoms. The number of amides is 2. The molecule has 1 aromatic heterocycles. The molecule has 148 valence electrons. The van der Waals surface area contributed by atoms with Gasteiger partial charge in [0.05, 0.1) is 31.1 Å². The molecular formula is C16H21FN4O5S. The number of ether oxygens (including phenoxy) is 1. The predicted molar refractivity (Wildman–Crippen MR) is 92.8 cm³/mol. The highest BCUT2D eigenvalue weighted by atomic mass is 32.2. The Balaban J connectivity index is 1.69. The standard InChI is InChI=1S/C16H21FN4O5S/c1-26-6-4-21-16(23)14-8-12(10-20(14)5-7-27(21,24)25)19-15(22)13-3-2-11(17)9-18-13/h2-3,9,12,14H,4-8,10H2,1H3,(H,19,22)/t12-,14-/m0/s1. The molecule has 11 heteroatoms. The topological polar surface area (TPSA) is 109 Å². The zero-order valence-corrected chi connectivity index (χ0v) is 15.6. The summed E-state index contributed by atoms with van der Waals surface area (Å²) in [7, 11) is -2.25. The Morgan fingerprint density at radius 1 is 1.44 bits per heavy atom. The molecule has 2 fully saturated rings. The summed E-state index contributed by atoms with van der Waals surface area (Å²) in [6.45, 7) is 0.660. The molecule has 2 aliphatic heterocycles. The van der Waals surface area contributed by atoms with E-state index in [-0.39, 0.29) is 37.2 Å². The zero-order chi connectivity index (χ0) is 19.6. The molecule has 0 aliphatic carbocycles. The van der Waals surface area contributed by atoms with Crippen molar-refractivity contribution in [3.8, 4) is 0 Å². The van der Waals surface area contributed by atoms with E-state index in [9.17, 15) is 22.4 Å². The first-order valence-electron chi connectivity index (χ1n) is 8.51. The summed E-state index contributed by atoms with van der Waals surface area (Å²) >= 11 is 0. The molecule has 1 aromatic rings. The van der Waals surface area contributed by atoms with E-state index in [1.54, 1.807) is 4.90 Å². The maximum absolute atomic E-state index is 12.9. The van der Waals surface area contributed by atoms with Crippen molar-refractivity contribution < 1.29 is 27.1 Å². The van der Waals surface area contributed by atoms with Crippen LogP contribution < -0.4 is 5.32 Å². The molecule has 0 aromatic carbocycles. The summed E-state index contributed by atoms with van der Waals surface area (Å²) in [6.07, 6.45) is 1.25. The van der Waals surface area contributed by atoms with Crippen molar-refractivity contribution in [1.82, 2.24) is 19.5 Å². The summed E-state index contributed by atoms with van der Waals surface area (Å²) in [5.41, 5.74) is 0.0779. The number of aromatic nitrogens is 1. The summed E-state index contributed by atoms with van der Waals surface area (Å²) in [6, 6.07) is 1.47. The van der Waals surface area contributed by atoms with Gasteiger partial charge in [0.2, 0.25) is 10.0 Å². The number of carbonyl (C=O) groups excluding carboxylic acids is 2. The number of carbonyl (C=O) groups is 2. The molecule has 3 heterocycles. The van der Waals surface area contributed by atoms with E-state index < -0.39 is 33.7 Å². The SMILES string of the molecule is COCCN1C(=O)[C@@H]2C[C@H](NC(=O)c3ccc(F)cn3)CN2CCS1(=O)=O. The lowest BCUT2D eigenvalue weighted by molar-refractivity contribution is -0.131. The van der Waals surface area contributed by atoms with Gasteiger partial charge in [-0.15, -0.1) is 0 Å². The monoisotopic (exact) mass is 400 g/mol. The maximum atomic E-state index is 12.9. The van der Waals surface area contributed by atoms with Gasteiger partial charge in [0.25, 0.3) is 11.8 Å². The molecule has 0 radical (unpaired) electrons. The van der Waals surface area contributed by atoms with Crippen LogP contribution in [0.15, 0.2) is 18.3 Å². The minimum absolute atomic E-state index is 0.0292. The maximum Gasteiger partial charge on any atom is 0.270 e. The average molecular weight is 400 g/mol. The van der Waals surface area contributed by atoms with Crippen LogP contribution in [-0.4, -0.2) is 85.6 Å². The van der Waals surface area contributed by atoms with Gasteiger partial charge in [0.1, 0.15) is 11.5 Å². The molecule has 1 N–H and O–H groups in total. The molecule has 0 unspecified atom stereocenters. The minimum atomic E-state index is -3.68. The Hall–Kier alpha value is -2.11. The first-order chi connectivity index (χ1) is 12.8. The Morgan fingerprint density at radius 3 is 2.89 bits per heavy atom. The van der Waals surface area contributed by atoms with E-state index in [4.69, 9.17) is 4.74 Å². The fraction of sp³-hybridized carbons (Fsp3) is 0.562. The lowest BCUT2D eigenvalue weighted by Crippen LogP contribution is -2.45. The van der Waals surface area contributed by atoms with E-state index >= 15 is 0 Å². The lowest BCUT2D eigenvalue weighted by Gasteiger charge is -2.23. The van der Waals surface area contributed by atoms with Crippen LogP contribution in [0.2, 0.25) is 0 Å². The zero-order valence-electron chi connectivity index (χ0n) is 14.8. The van der Waals surface area contributed by atoms with Crippen LogP contribution in [0.3, 0.4) is 0 Å². The normalized spacial score (nSPS) is 25.1.